The van der Waals surface area contributed by atoms with Gasteiger partial charge in [0.25, 0.3) is 0 Å². The van der Waals surface area contributed by atoms with Crippen LogP contribution in [0, 0.1) is 17.2 Å². The SMILES string of the molecule is CNC(C)c1cccc(F)c1N1CCC(C(C)(C)C)CC1. The zero-order valence-corrected chi connectivity index (χ0v) is 14.0. The number of rotatable bonds is 3. The van der Waals surface area contributed by atoms with Crippen LogP contribution < -0.4 is 10.2 Å². The standard InChI is InChI=1S/C18H29FN2/c1-13(20-5)15-7-6-8-16(19)17(15)21-11-9-14(10-12-21)18(2,3)4/h6-8,13-14,20H,9-12H2,1-5H3. The molecule has 1 atom stereocenters. The van der Waals surface area contributed by atoms with Crippen molar-refractivity contribution >= 4 is 5.69 Å². The molecular formula is C18H29FN2. The smallest absolute Gasteiger partial charge is 0.146 e. The van der Waals surface area contributed by atoms with E-state index in [2.05, 4.69) is 37.9 Å². The lowest BCUT2D eigenvalue weighted by Gasteiger charge is -2.40. The summed E-state index contributed by atoms with van der Waals surface area (Å²) >= 11 is 0. The van der Waals surface area contributed by atoms with E-state index in [-0.39, 0.29) is 11.9 Å². The van der Waals surface area contributed by atoms with Crippen molar-refractivity contribution in [3.63, 3.8) is 0 Å². The van der Waals surface area contributed by atoms with E-state index in [0.29, 0.717) is 5.41 Å². The van der Waals surface area contributed by atoms with E-state index in [1.807, 2.05) is 19.2 Å². The average molecular weight is 292 g/mol. The molecule has 1 aromatic carbocycles. The summed E-state index contributed by atoms with van der Waals surface area (Å²) in [5.41, 5.74) is 2.21. The number of nitrogens with one attached hydrogen (secondary N) is 1. The fourth-order valence-electron chi connectivity index (χ4n) is 3.34. The number of piperidine rings is 1. The molecule has 0 radical (unpaired) electrons. The van der Waals surface area contributed by atoms with Gasteiger partial charge in [0.05, 0.1) is 5.69 Å². The molecule has 1 unspecified atom stereocenters. The minimum Gasteiger partial charge on any atom is -0.369 e. The molecule has 0 saturated carbocycles. The third-order valence-electron chi connectivity index (χ3n) is 4.95. The number of hydrogen-bond donors (Lipinski definition) is 1. The average Bonchev–Trinajstić information content (AvgIpc) is 2.45. The first-order chi connectivity index (χ1) is 9.84. The number of halogens is 1. The van der Waals surface area contributed by atoms with E-state index < -0.39 is 0 Å². The number of para-hydroxylation sites is 1. The first-order valence-corrected chi connectivity index (χ1v) is 8.05. The fraction of sp³-hybridized carbons (Fsp3) is 0.667. The zero-order valence-electron chi connectivity index (χ0n) is 14.0. The Morgan fingerprint density at radius 2 is 1.86 bits per heavy atom. The van der Waals surface area contributed by atoms with Crippen molar-refractivity contribution in [3.8, 4) is 0 Å². The Balaban J connectivity index is 2.20. The largest absolute Gasteiger partial charge is 0.369 e. The molecule has 1 N–H and O–H groups in total. The van der Waals surface area contributed by atoms with Crippen LogP contribution in [0.1, 0.15) is 52.1 Å². The molecule has 0 aliphatic carbocycles. The van der Waals surface area contributed by atoms with E-state index in [4.69, 9.17) is 0 Å². The molecule has 0 aromatic heterocycles. The third-order valence-corrected chi connectivity index (χ3v) is 4.95. The third kappa shape index (κ3) is 3.57. The van der Waals surface area contributed by atoms with E-state index in [9.17, 15) is 4.39 Å². The summed E-state index contributed by atoms with van der Waals surface area (Å²) in [4.78, 5) is 2.24. The van der Waals surface area contributed by atoms with Crippen molar-refractivity contribution in [1.29, 1.82) is 0 Å². The number of hydrogen-bond acceptors (Lipinski definition) is 2. The van der Waals surface area contributed by atoms with Crippen LogP contribution in [0.15, 0.2) is 18.2 Å². The van der Waals surface area contributed by atoms with Crippen LogP contribution in [0.25, 0.3) is 0 Å². The normalized spacial score (nSPS) is 18.9. The molecule has 2 nitrogen and oxygen atoms in total. The van der Waals surface area contributed by atoms with Crippen LogP contribution in [0.3, 0.4) is 0 Å². The Bertz CT molecular complexity index is 471. The molecule has 1 heterocycles. The summed E-state index contributed by atoms with van der Waals surface area (Å²) in [7, 11) is 1.92. The lowest BCUT2D eigenvalue weighted by molar-refractivity contribution is 0.198. The van der Waals surface area contributed by atoms with Crippen molar-refractivity contribution in [2.45, 2.75) is 46.6 Å². The summed E-state index contributed by atoms with van der Waals surface area (Å²) in [5, 5.41) is 3.23. The second-order valence-corrected chi connectivity index (χ2v) is 7.32. The van der Waals surface area contributed by atoms with Crippen LogP contribution >= 0.6 is 0 Å². The molecule has 1 fully saturated rings. The van der Waals surface area contributed by atoms with Crippen molar-refractivity contribution in [2.24, 2.45) is 11.3 Å². The predicted octanol–water partition coefficient (Wildman–Crippen LogP) is 4.37. The summed E-state index contributed by atoms with van der Waals surface area (Å²) < 4.78 is 14.4. The predicted molar refractivity (Wildman–Crippen MR) is 88.3 cm³/mol. The molecule has 1 aromatic rings. The van der Waals surface area contributed by atoms with Gasteiger partial charge < -0.3 is 10.2 Å². The van der Waals surface area contributed by atoms with Crippen LogP contribution in [0.2, 0.25) is 0 Å². The van der Waals surface area contributed by atoms with E-state index in [1.54, 1.807) is 6.07 Å². The maximum Gasteiger partial charge on any atom is 0.146 e. The molecule has 1 saturated heterocycles. The highest BCUT2D eigenvalue weighted by atomic mass is 19.1. The highest BCUT2D eigenvalue weighted by Gasteiger charge is 2.30. The lowest BCUT2D eigenvalue weighted by Crippen LogP contribution is -2.39. The fourth-order valence-corrected chi connectivity index (χ4v) is 3.34. The monoisotopic (exact) mass is 292 g/mol. The van der Waals surface area contributed by atoms with E-state index in [0.717, 1.165) is 43.1 Å². The van der Waals surface area contributed by atoms with Gasteiger partial charge in [-0.25, -0.2) is 4.39 Å². The van der Waals surface area contributed by atoms with E-state index >= 15 is 0 Å². The molecule has 2 rings (SSSR count). The minimum absolute atomic E-state index is 0.0937. The Morgan fingerprint density at radius 1 is 1.24 bits per heavy atom. The second-order valence-electron chi connectivity index (χ2n) is 7.32. The number of benzene rings is 1. The van der Waals surface area contributed by atoms with Crippen LogP contribution in [0.5, 0.6) is 0 Å². The van der Waals surface area contributed by atoms with Crippen LogP contribution in [-0.4, -0.2) is 20.1 Å². The maximum atomic E-state index is 14.4. The van der Waals surface area contributed by atoms with Gasteiger partial charge in [-0.3, -0.25) is 0 Å². The van der Waals surface area contributed by atoms with Crippen molar-refractivity contribution < 1.29 is 4.39 Å². The Hall–Kier alpha value is -1.09. The second kappa shape index (κ2) is 6.35. The van der Waals surface area contributed by atoms with Crippen LogP contribution in [0.4, 0.5) is 10.1 Å². The number of nitrogens with zero attached hydrogens (tertiary/aromatic N) is 1. The highest BCUT2D eigenvalue weighted by molar-refractivity contribution is 5.56. The molecule has 1 aliphatic heterocycles. The first-order valence-electron chi connectivity index (χ1n) is 8.05. The molecule has 21 heavy (non-hydrogen) atoms. The summed E-state index contributed by atoms with van der Waals surface area (Å²) in [6.07, 6.45) is 2.29. The quantitative estimate of drug-likeness (QED) is 0.890. The minimum atomic E-state index is -0.0937. The van der Waals surface area contributed by atoms with Crippen molar-refractivity contribution in [2.75, 3.05) is 25.0 Å². The van der Waals surface area contributed by atoms with Gasteiger partial charge in [-0.05, 0) is 49.8 Å². The van der Waals surface area contributed by atoms with Gasteiger partial charge >= 0.3 is 0 Å². The van der Waals surface area contributed by atoms with Gasteiger partial charge in [-0.15, -0.1) is 0 Å². The zero-order chi connectivity index (χ0) is 15.6. The van der Waals surface area contributed by atoms with Crippen molar-refractivity contribution in [1.82, 2.24) is 5.32 Å². The maximum absolute atomic E-state index is 14.4. The van der Waals surface area contributed by atoms with Crippen LogP contribution in [-0.2, 0) is 0 Å². The van der Waals surface area contributed by atoms with Gasteiger partial charge in [0.2, 0.25) is 0 Å². The molecule has 3 heteroatoms. The number of anilines is 1. The molecule has 0 bridgehead atoms. The van der Waals surface area contributed by atoms with Crippen molar-refractivity contribution in [3.05, 3.63) is 29.6 Å². The topological polar surface area (TPSA) is 15.3 Å². The molecule has 1 aliphatic rings. The molecule has 118 valence electrons. The Kier molecular flexibility index (Phi) is 4.92. The van der Waals surface area contributed by atoms with Gasteiger partial charge in [0.1, 0.15) is 5.82 Å². The summed E-state index contributed by atoms with van der Waals surface area (Å²) in [6.45, 7) is 10.9. The lowest BCUT2D eigenvalue weighted by atomic mass is 9.75. The molecule has 0 amide bonds. The van der Waals surface area contributed by atoms with Gasteiger partial charge in [-0.2, -0.15) is 0 Å². The van der Waals surface area contributed by atoms with Gasteiger partial charge in [0, 0.05) is 19.1 Å². The van der Waals surface area contributed by atoms with Gasteiger partial charge in [-0.1, -0.05) is 32.9 Å². The first kappa shape index (κ1) is 16.3. The van der Waals surface area contributed by atoms with E-state index in [1.165, 1.54) is 0 Å². The summed E-state index contributed by atoms with van der Waals surface area (Å²) in [5.74, 6) is 0.634. The molecular weight excluding hydrogens is 263 g/mol. The van der Waals surface area contributed by atoms with Gasteiger partial charge in [0.15, 0.2) is 0 Å². The Morgan fingerprint density at radius 3 is 2.38 bits per heavy atom. The molecule has 0 spiro atoms. The summed E-state index contributed by atoms with van der Waals surface area (Å²) in [6, 6.07) is 5.59. The Labute approximate surface area is 128 Å². The highest BCUT2D eigenvalue weighted by Crippen LogP contribution is 2.37.